The van der Waals surface area contributed by atoms with Crippen molar-refractivity contribution in [3.05, 3.63) is 59.7 Å². The number of ether oxygens (including phenoxy) is 1. The van der Waals surface area contributed by atoms with Gasteiger partial charge in [0.05, 0.1) is 12.7 Å². The second-order valence-corrected chi connectivity index (χ2v) is 5.09. The van der Waals surface area contributed by atoms with E-state index in [4.69, 9.17) is 0 Å². The fraction of sp³-hybridized carbons (Fsp3) is 0.222. The molecule has 1 N–H and O–H groups in total. The monoisotopic (exact) mass is 312 g/mol. The smallest absolute Gasteiger partial charge is 0.337 e. The fourth-order valence-corrected chi connectivity index (χ4v) is 2.27. The third-order valence-corrected chi connectivity index (χ3v) is 3.41. The van der Waals surface area contributed by atoms with Gasteiger partial charge in [0.15, 0.2) is 0 Å². The highest BCUT2D eigenvalue weighted by Crippen LogP contribution is 2.18. The van der Waals surface area contributed by atoms with Gasteiger partial charge in [0.1, 0.15) is 0 Å². The van der Waals surface area contributed by atoms with Gasteiger partial charge in [-0.3, -0.25) is 4.90 Å². The molecular formula is C18H20N2O3. The molecule has 0 saturated heterocycles. The van der Waals surface area contributed by atoms with Gasteiger partial charge >= 0.3 is 12.0 Å². The molecule has 0 saturated carbocycles. The lowest BCUT2D eigenvalue weighted by Gasteiger charge is -2.22. The zero-order chi connectivity index (χ0) is 16.8. The first kappa shape index (κ1) is 16.5. The Kier molecular flexibility index (Phi) is 5.36. The molecule has 0 atom stereocenters. The highest BCUT2D eigenvalue weighted by atomic mass is 16.5. The van der Waals surface area contributed by atoms with Gasteiger partial charge < -0.3 is 10.1 Å². The molecule has 120 valence electrons. The first-order chi connectivity index (χ1) is 11.0. The first-order valence-corrected chi connectivity index (χ1v) is 7.38. The van der Waals surface area contributed by atoms with Crippen molar-refractivity contribution < 1.29 is 14.3 Å². The molecule has 23 heavy (non-hydrogen) atoms. The maximum absolute atomic E-state index is 12.5. The quantitative estimate of drug-likeness (QED) is 0.873. The Morgan fingerprint density at radius 2 is 1.87 bits per heavy atom. The molecular weight excluding hydrogens is 292 g/mol. The average Bonchev–Trinajstić information content (AvgIpc) is 2.55. The number of esters is 1. The van der Waals surface area contributed by atoms with Crippen molar-refractivity contribution in [3.8, 4) is 0 Å². The van der Waals surface area contributed by atoms with Gasteiger partial charge in [0, 0.05) is 17.9 Å². The SMILES string of the molecule is CCN(C(=O)Nc1cccc(C(=O)OC)c1)c1cccc(C)c1. The van der Waals surface area contributed by atoms with Gasteiger partial charge in [-0.15, -0.1) is 0 Å². The minimum atomic E-state index is -0.438. The average molecular weight is 312 g/mol. The molecule has 0 aliphatic heterocycles. The van der Waals surface area contributed by atoms with Crippen LogP contribution in [0.15, 0.2) is 48.5 Å². The molecule has 0 spiro atoms. The summed E-state index contributed by atoms with van der Waals surface area (Å²) in [6.07, 6.45) is 0. The number of carbonyl (C=O) groups is 2. The van der Waals surface area contributed by atoms with Crippen molar-refractivity contribution >= 4 is 23.4 Å². The lowest BCUT2D eigenvalue weighted by molar-refractivity contribution is 0.0600. The minimum Gasteiger partial charge on any atom is -0.465 e. The molecule has 2 rings (SSSR count). The van der Waals surface area contributed by atoms with E-state index in [-0.39, 0.29) is 6.03 Å². The molecule has 0 unspecified atom stereocenters. The Morgan fingerprint density at radius 1 is 1.13 bits per heavy atom. The van der Waals surface area contributed by atoms with Crippen LogP contribution in [0.3, 0.4) is 0 Å². The Bertz CT molecular complexity index is 713. The van der Waals surface area contributed by atoms with Crippen LogP contribution < -0.4 is 10.2 Å². The second kappa shape index (κ2) is 7.45. The van der Waals surface area contributed by atoms with Crippen molar-refractivity contribution in [2.24, 2.45) is 0 Å². The van der Waals surface area contributed by atoms with Crippen LogP contribution in [-0.4, -0.2) is 25.7 Å². The van der Waals surface area contributed by atoms with Crippen molar-refractivity contribution in [3.63, 3.8) is 0 Å². The molecule has 2 amide bonds. The Labute approximate surface area is 135 Å². The maximum atomic E-state index is 12.5. The first-order valence-electron chi connectivity index (χ1n) is 7.38. The van der Waals surface area contributed by atoms with Gasteiger partial charge in [-0.25, -0.2) is 9.59 Å². The summed E-state index contributed by atoms with van der Waals surface area (Å²) in [6, 6.07) is 14.1. The summed E-state index contributed by atoms with van der Waals surface area (Å²) in [5, 5.41) is 2.81. The van der Waals surface area contributed by atoms with E-state index < -0.39 is 5.97 Å². The molecule has 5 nitrogen and oxygen atoms in total. The van der Waals surface area contributed by atoms with Crippen molar-refractivity contribution in [2.45, 2.75) is 13.8 Å². The van der Waals surface area contributed by atoms with Gasteiger partial charge in [0.2, 0.25) is 0 Å². The number of hydrogen-bond acceptors (Lipinski definition) is 3. The molecule has 0 heterocycles. The summed E-state index contributed by atoms with van der Waals surface area (Å²) in [5.41, 5.74) is 2.85. The van der Waals surface area contributed by atoms with E-state index in [1.54, 1.807) is 29.2 Å². The normalized spacial score (nSPS) is 10.0. The number of rotatable bonds is 4. The summed E-state index contributed by atoms with van der Waals surface area (Å²) in [5.74, 6) is -0.438. The number of hydrogen-bond donors (Lipinski definition) is 1. The lowest BCUT2D eigenvalue weighted by Crippen LogP contribution is -2.34. The van der Waals surface area contributed by atoms with Crippen LogP contribution in [0, 0.1) is 6.92 Å². The molecule has 2 aromatic rings. The number of benzene rings is 2. The Hall–Kier alpha value is -2.82. The molecule has 0 aromatic heterocycles. The highest BCUT2D eigenvalue weighted by Gasteiger charge is 2.15. The molecule has 0 radical (unpaired) electrons. The van der Waals surface area contributed by atoms with Crippen LogP contribution in [-0.2, 0) is 4.74 Å². The highest BCUT2D eigenvalue weighted by molar-refractivity contribution is 6.02. The van der Waals surface area contributed by atoms with Crippen LogP contribution >= 0.6 is 0 Å². The van der Waals surface area contributed by atoms with E-state index in [0.717, 1.165) is 11.3 Å². The summed E-state index contributed by atoms with van der Waals surface area (Å²) in [7, 11) is 1.32. The number of nitrogens with zero attached hydrogens (tertiary/aromatic N) is 1. The predicted octanol–water partition coefficient (Wildman–Crippen LogP) is 3.84. The summed E-state index contributed by atoms with van der Waals surface area (Å²) in [6.45, 7) is 4.42. The standard InChI is InChI=1S/C18H20N2O3/c1-4-20(16-10-5-7-13(2)11-16)18(22)19-15-9-6-8-14(12-15)17(21)23-3/h5-12H,4H2,1-3H3,(H,19,22). The lowest BCUT2D eigenvalue weighted by atomic mass is 10.2. The van der Waals surface area contributed by atoms with Crippen LogP contribution in [0.1, 0.15) is 22.8 Å². The molecule has 2 aromatic carbocycles. The molecule has 0 aliphatic carbocycles. The van der Waals surface area contributed by atoms with Gasteiger partial charge in [0.25, 0.3) is 0 Å². The number of methoxy groups -OCH3 is 1. The summed E-state index contributed by atoms with van der Waals surface area (Å²) >= 11 is 0. The topological polar surface area (TPSA) is 58.6 Å². The second-order valence-electron chi connectivity index (χ2n) is 5.09. The fourth-order valence-electron chi connectivity index (χ4n) is 2.27. The van der Waals surface area contributed by atoms with E-state index in [1.807, 2.05) is 38.1 Å². The van der Waals surface area contributed by atoms with E-state index in [0.29, 0.717) is 17.8 Å². The van der Waals surface area contributed by atoms with Gasteiger partial charge in [-0.2, -0.15) is 0 Å². The number of nitrogens with one attached hydrogen (secondary N) is 1. The largest absolute Gasteiger partial charge is 0.465 e. The number of carbonyl (C=O) groups excluding carboxylic acids is 2. The van der Waals surface area contributed by atoms with Crippen LogP contribution in [0.4, 0.5) is 16.2 Å². The minimum absolute atomic E-state index is 0.250. The van der Waals surface area contributed by atoms with Crippen molar-refractivity contribution in [1.82, 2.24) is 0 Å². The third-order valence-electron chi connectivity index (χ3n) is 3.41. The van der Waals surface area contributed by atoms with Crippen molar-refractivity contribution in [2.75, 3.05) is 23.9 Å². The number of amides is 2. The van der Waals surface area contributed by atoms with Crippen LogP contribution in [0.25, 0.3) is 0 Å². The van der Waals surface area contributed by atoms with Crippen LogP contribution in [0.2, 0.25) is 0 Å². The molecule has 0 aliphatic rings. The predicted molar refractivity (Wildman–Crippen MR) is 91.0 cm³/mol. The summed E-state index contributed by atoms with van der Waals surface area (Å²) in [4.78, 5) is 25.7. The van der Waals surface area contributed by atoms with E-state index in [9.17, 15) is 9.59 Å². The van der Waals surface area contributed by atoms with Gasteiger partial charge in [-0.1, -0.05) is 18.2 Å². The zero-order valence-electron chi connectivity index (χ0n) is 13.5. The van der Waals surface area contributed by atoms with Gasteiger partial charge in [-0.05, 0) is 49.7 Å². The number of urea groups is 1. The Morgan fingerprint density at radius 3 is 2.52 bits per heavy atom. The summed E-state index contributed by atoms with van der Waals surface area (Å²) < 4.78 is 4.69. The van der Waals surface area contributed by atoms with Crippen molar-refractivity contribution in [1.29, 1.82) is 0 Å². The molecule has 5 heteroatoms. The van der Waals surface area contributed by atoms with E-state index in [2.05, 4.69) is 10.1 Å². The van der Waals surface area contributed by atoms with E-state index >= 15 is 0 Å². The molecule has 0 bridgehead atoms. The van der Waals surface area contributed by atoms with Crippen LogP contribution in [0.5, 0.6) is 0 Å². The Balaban J connectivity index is 2.18. The number of aryl methyl sites for hydroxylation is 1. The van der Waals surface area contributed by atoms with E-state index in [1.165, 1.54) is 7.11 Å². The number of anilines is 2. The third kappa shape index (κ3) is 4.10. The zero-order valence-corrected chi connectivity index (χ0v) is 13.5. The molecule has 0 fully saturated rings. The maximum Gasteiger partial charge on any atom is 0.337 e.